The number of alkyl halides is 2. The van der Waals surface area contributed by atoms with Gasteiger partial charge in [-0.2, -0.15) is 0 Å². The number of pyridine rings is 1. The summed E-state index contributed by atoms with van der Waals surface area (Å²) in [5.41, 5.74) is -2.57. The summed E-state index contributed by atoms with van der Waals surface area (Å²) in [6, 6.07) is 3.74. The molecule has 6 aliphatic rings. The van der Waals surface area contributed by atoms with E-state index in [1.165, 1.54) is 12.0 Å². The van der Waals surface area contributed by atoms with Crippen LogP contribution in [0.25, 0.3) is 10.9 Å². The molecule has 2 aromatic rings. The number of rotatable bonds is 9. The maximum absolute atomic E-state index is 14.8. The molecule has 4 fully saturated rings. The van der Waals surface area contributed by atoms with Crippen molar-refractivity contribution in [2.75, 3.05) is 20.3 Å². The Bertz CT molecular complexity index is 2140. The molecule has 1 spiro atoms. The number of carbonyl (C=O) groups is 4. The maximum atomic E-state index is 14.8. The molecule has 13 nitrogen and oxygen atoms in total. The zero-order valence-electron chi connectivity index (χ0n) is 33.0. The maximum Gasteiger partial charge on any atom is 0.306 e. The molecule has 16 heteroatoms. The van der Waals surface area contributed by atoms with Crippen LogP contribution >= 0.6 is 0 Å². The Morgan fingerprint density at radius 1 is 1.09 bits per heavy atom. The normalized spacial score (nSPS) is 30.1. The minimum Gasteiger partial charge on any atom is -0.497 e. The summed E-state index contributed by atoms with van der Waals surface area (Å²) in [6.45, 7) is 1.71. The SMILES string of the molecule is COc1ccc2nc(C(F)F)c3c(c2c1)CC[C@]1(C[C@H]2C(=O)N[C@]4(C(=O)NS(=O)(=O)C5(C)CC5)C[C@H]4/C=C\CCCCC[C@H](CC(=O)OCC4CCC4)C(=O)N2C1)O3. The summed E-state index contributed by atoms with van der Waals surface area (Å²) < 4.78 is 74.7. The molecule has 58 heavy (non-hydrogen) atoms. The minimum atomic E-state index is -4.04. The van der Waals surface area contributed by atoms with Gasteiger partial charge in [-0.25, -0.2) is 22.2 Å². The number of amides is 3. The first-order valence-electron chi connectivity index (χ1n) is 20.7. The lowest BCUT2D eigenvalue weighted by atomic mass is 9.86. The number of nitrogens with one attached hydrogen (secondary N) is 2. The van der Waals surface area contributed by atoms with Gasteiger partial charge in [-0.3, -0.25) is 23.9 Å². The van der Waals surface area contributed by atoms with E-state index in [0.29, 0.717) is 66.8 Å². The predicted molar refractivity (Wildman–Crippen MR) is 207 cm³/mol. The fourth-order valence-electron chi connectivity index (χ4n) is 9.07. The van der Waals surface area contributed by atoms with Crippen LogP contribution in [-0.4, -0.2) is 84.2 Å². The third kappa shape index (κ3) is 7.65. The average molecular weight is 827 g/mol. The van der Waals surface area contributed by atoms with Crippen LogP contribution in [0.15, 0.2) is 30.4 Å². The molecule has 2 N–H and O–H groups in total. The van der Waals surface area contributed by atoms with E-state index in [9.17, 15) is 36.4 Å². The van der Waals surface area contributed by atoms with Gasteiger partial charge < -0.3 is 24.4 Å². The van der Waals surface area contributed by atoms with Crippen LogP contribution in [0, 0.1) is 17.8 Å². The average Bonchev–Trinajstić information content (AvgIpc) is 4.06. The van der Waals surface area contributed by atoms with Crippen LogP contribution in [0.4, 0.5) is 8.78 Å². The number of hydrogen-bond donors (Lipinski definition) is 2. The molecule has 5 atom stereocenters. The Balaban J connectivity index is 1.14. The molecule has 0 bridgehead atoms. The summed E-state index contributed by atoms with van der Waals surface area (Å²) in [5, 5.41) is 3.47. The number of halogens is 2. The summed E-state index contributed by atoms with van der Waals surface area (Å²) in [7, 11) is -2.54. The van der Waals surface area contributed by atoms with Gasteiger partial charge in [0.2, 0.25) is 21.8 Å². The van der Waals surface area contributed by atoms with E-state index in [0.717, 1.165) is 32.1 Å². The van der Waals surface area contributed by atoms with E-state index in [1.807, 2.05) is 12.2 Å². The molecule has 3 amide bonds. The molecule has 4 heterocycles. The van der Waals surface area contributed by atoms with Crippen molar-refractivity contribution in [2.24, 2.45) is 17.8 Å². The zero-order valence-corrected chi connectivity index (χ0v) is 33.8. The third-order valence-electron chi connectivity index (χ3n) is 13.5. The molecule has 3 saturated carbocycles. The summed E-state index contributed by atoms with van der Waals surface area (Å²) >= 11 is 0. The van der Waals surface area contributed by atoms with Crippen molar-refractivity contribution in [2.45, 2.75) is 132 Å². The monoisotopic (exact) mass is 826 g/mol. The van der Waals surface area contributed by atoms with E-state index < -0.39 is 79.6 Å². The number of aromatic nitrogens is 1. The number of sulfonamides is 1. The first-order chi connectivity index (χ1) is 27.7. The number of ether oxygens (including phenoxy) is 3. The van der Waals surface area contributed by atoms with E-state index in [1.54, 1.807) is 25.1 Å². The van der Waals surface area contributed by atoms with Crippen LogP contribution in [0.5, 0.6) is 11.5 Å². The van der Waals surface area contributed by atoms with Crippen LogP contribution < -0.4 is 19.5 Å². The molecule has 314 valence electrons. The van der Waals surface area contributed by atoms with Crippen LogP contribution in [0.1, 0.15) is 114 Å². The Morgan fingerprint density at radius 3 is 2.59 bits per heavy atom. The molecule has 3 aliphatic carbocycles. The molecular formula is C42H52F2N4O9S. The van der Waals surface area contributed by atoms with Gasteiger partial charge in [-0.1, -0.05) is 31.4 Å². The summed E-state index contributed by atoms with van der Waals surface area (Å²) in [4.78, 5) is 62.4. The molecule has 0 unspecified atom stereocenters. The van der Waals surface area contributed by atoms with Crippen LogP contribution in [-0.2, 0) is 40.4 Å². The number of fused-ring (bicyclic) bond motifs is 5. The fraction of sp³-hybridized carbons (Fsp3) is 0.643. The van der Waals surface area contributed by atoms with E-state index in [2.05, 4.69) is 15.0 Å². The Kier molecular flexibility index (Phi) is 10.7. The number of aryl methyl sites for hydroxylation is 1. The van der Waals surface area contributed by atoms with Crippen molar-refractivity contribution >= 4 is 44.6 Å². The molecular weight excluding hydrogens is 775 g/mol. The number of methoxy groups -OCH3 is 1. The molecule has 1 aromatic heterocycles. The smallest absolute Gasteiger partial charge is 0.306 e. The van der Waals surface area contributed by atoms with Gasteiger partial charge in [0.25, 0.3) is 12.3 Å². The third-order valence-corrected chi connectivity index (χ3v) is 15.6. The largest absolute Gasteiger partial charge is 0.497 e. The highest BCUT2D eigenvalue weighted by Crippen LogP contribution is 2.50. The number of allylic oxidation sites excluding steroid dienone is 1. The first-order valence-corrected chi connectivity index (χ1v) is 22.1. The lowest BCUT2D eigenvalue weighted by Gasteiger charge is -2.37. The molecule has 3 aliphatic heterocycles. The summed E-state index contributed by atoms with van der Waals surface area (Å²) in [6.07, 6.45) is 8.23. The Morgan fingerprint density at radius 2 is 1.88 bits per heavy atom. The number of hydrogen-bond acceptors (Lipinski definition) is 10. The van der Waals surface area contributed by atoms with Gasteiger partial charge in [0, 0.05) is 29.2 Å². The topological polar surface area (TPSA) is 170 Å². The van der Waals surface area contributed by atoms with Gasteiger partial charge in [0.05, 0.1) is 36.9 Å². The number of nitrogens with zero attached hydrogens (tertiary/aromatic N) is 2. The first kappa shape index (κ1) is 40.4. The lowest BCUT2D eigenvalue weighted by Crippen LogP contribution is -2.57. The van der Waals surface area contributed by atoms with Crippen molar-refractivity contribution in [3.05, 3.63) is 41.6 Å². The van der Waals surface area contributed by atoms with Crippen molar-refractivity contribution < 1.29 is 50.6 Å². The predicted octanol–water partition coefficient (Wildman–Crippen LogP) is 5.59. The van der Waals surface area contributed by atoms with Gasteiger partial charge in [-0.05, 0) is 95.2 Å². The molecule has 1 saturated heterocycles. The van der Waals surface area contributed by atoms with E-state index >= 15 is 0 Å². The second-order valence-corrected chi connectivity index (χ2v) is 19.8. The Hall–Kier alpha value is -4.34. The van der Waals surface area contributed by atoms with Gasteiger partial charge in [0.1, 0.15) is 28.6 Å². The highest BCUT2D eigenvalue weighted by atomic mass is 32.2. The minimum absolute atomic E-state index is 0.101. The molecule has 0 radical (unpaired) electrons. The van der Waals surface area contributed by atoms with Gasteiger partial charge in [0.15, 0.2) is 5.75 Å². The number of esters is 1. The molecule has 8 rings (SSSR count). The number of carbonyl (C=O) groups excluding carboxylic acids is 4. The van der Waals surface area contributed by atoms with Crippen molar-refractivity contribution in [3.8, 4) is 11.5 Å². The van der Waals surface area contributed by atoms with E-state index in [4.69, 9.17) is 14.2 Å². The zero-order chi connectivity index (χ0) is 41.0. The number of benzene rings is 1. The highest BCUT2D eigenvalue weighted by Gasteiger charge is 2.64. The van der Waals surface area contributed by atoms with E-state index in [-0.39, 0.29) is 44.4 Å². The van der Waals surface area contributed by atoms with Crippen molar-refractivity contribution in [3.63, 3.8) is 0 Å². The summed E-state index contributed by atoms with van der Waals surface area (Å²) in [5.74, 6) is -3.12. The molecule has 1 aromatic carbocycles. The van der Waals surface area contributed by atoms with Crippen LogP contribution in [0.2, 0.25) is 0 Å². The standard InChI is InChI=1S/C42H52F2N4O9S/c1-40(17-18-40)58(53,54)47-39(52)42-21-27(42)12-7-5-3-4-6-11-26(19-33(49)56-23-25-9-8-10-25)38(51)48-24-41(22-32(48)37(50)46-42)16-15-29-30-20-28(55-2)13-14-31(30)45-34(36(43)44)35(29)57-41/h7,12-14,20,25-27,32,36H,3-6,8-11,15-19,21-24H2,1-2H3,(H,46,50)(H,47,52)/b12-7-/t26-,27-,32+,41-,42-/m1/s1. The highest BCUT2D eigenvalue weighted by molar-refractivity contribution is 7.91. The van der Waals surface area contributed by atoms with Gasteiger partial charge in [-0.15, -0.1) is 0 Å². The van der Waals surface area contributed by atoms with Crippen molar-refractivity contribution in [1.82, 2.24) is 19.9 Å². The van der Waals surface area contributed by atoms with Crippen molar-refractivity contribution in [1.29, 1.82) is 0 Å². The lowest BCUT2D eigenvalue weighted by molar-refractivity contribution is -0.152. The Labute approximate surface area is 337 Å². The van der Waals surface area contributed by atoms with Gasteiger partial charge >= 0.3 is 5.97 Å². The fourth-order valence-corrected chi connectivity index (χ4v) is 10.4. The van der Waals surface area contributed by atoms with Crippen LogP contribution in [0.3, 0.4) is 0 Å². The second kappa shape index (κ2) is 15.4. The quantitative estimate of drug-likeness (QED) is 0.240. The second-order valence-electron chi connectivity index (χ2n) is 17.6.